The van der Waals surface area contributed by atoms with E-state index in [-0.39, 0.29) is 23.3 Å². The molecule has 0 saturated heterocycles. The first-order valence-corrected chi connectivity index (χ1v) is 8.54. The number of aromatic nitrogens is 2. The first kappa shape index (κ1) is 19.0. The molecule has 3 rings (SSSR count). The Morgan fingerprint density at radius 2 is 1.71 bits per heavy atom. The van der Waals surface area contributed by atoms with Crippen LogP contribution >= 0.6 is 0 Å². The molecular weight excluding hydrogens is 358 g/mol. The molecule has 1 heterocycles. The van der Waals surface area contributed by atoms with Gasteiger partial charge < -0.3 is 15.2 Å². The van der Waals surface area contributed by atoms with Crippen molar-refractivity contribution in [2.45, 2.75) is 13.8 Å². The summed E-state index contributed by atoms with van der Waals surface area (Å²) in [7, 11) is 1.56. The van der Waals surface area contributed by atoms with Crippen LogP contribution in [-0.2, 0) is 0 Å². The average Bonchev–Trinajstić information content (AvgIpc) is 2.71. The molecule has 0 bridgehead atoms. The monoisotopic (exact) mass is 379 g/mol. The molecule has 3 aromatic rings. The third kappa shape index (κ3) is 4.29. The molecule has 144 valence electrons. The van der Waals surface area contributed by atoms with Crippen molar-refractivity contribution in [1.82, 2.24) is 15.4 Å². The van der Waals surface area contributed by atoms with E-state index >= 15 is 0 Å². The van der Waals surface area contributed by atoms with Crippen LogP contribution in [-0.4, -0.2) is 23.0 Å². The number of hydrogen-bond acceptors (Lipinski definition) is 7. The highest BCUT2D eigenvalue weighted by molar-refractivity contribution is 5.95. The van der Waals surface area contributed by atoms with E-state index in [2.05, 4.69) is 20.8 Å². The van der Waals surface area contributed by atoms with Gasteiger partial charge in [0.2, 0.25) is 5.88 Å². The highest BCUT2D eigenvalue weighted by Gasteiger charge is 2.12. The van der Waals surface area contributed by atoms with Gasteiger partial charge in [-0.25, -0.2) is 4.98 Å². The summed E-state index contributed by atoms with van der Waals surface area (Å²) in [4.78, 5) is 20.4. The minimum absolute atomic E-state index is 0.177. The van der Waals surface area contributed by atoms with Crippen LogP contribution in [0.2, 0.25) is 0 Å². The van der Waals surface area contributed by atoms with Crippen molar-refractivity contribution in [3.05, 3.63) is 65.5 Å². The number of nitrogens with one attached hydrogen (secondary N) is 2. The Morgan fingerprint density at radius 3 is 2.39 bits per heavy atom. The third-order valence-electron chi connectivity index (χ3n) is 4.19. The summed E-state index contributed by atoms with van der Waals surface area (Å²) in [6.07, 6.45) is 1.30. The van der Waals surface area contributed by atoms with Gasteiger partial charge in [-0.05, 0) is 61.4 Å². The predicted molar refractivity (Wildman–Crippen MR) is 107 cm³/mol. The van der Waals surface area contributed by atoms with Crippen molar-refractivity contribution in [1.29, 1.82) is 0 Å². The molecule has 2 aromatic carbocycles. The summed E-state index contributed by atoms with van der Waals surface area (Å²) in [6.45, 7) is 4.01. The molecule has 0 spiro atoms. The number of nitrogen functional groups attached to an aromatic ring is 1. The zero-order valence-corrected chi connectivity index (χ0v) is 15.8. The second kappa shape index (κ2) is 8.26. The zero-order chi connectivity index (χ0) is 20.1. The summed E-state index contributed by atoms with van der Waals surface area (Å²) in [5.41, 5.74) is 14.2. The number of benzene rings is 2. The maximum Gasteiger partial charge on any atom is 0.269 e. The van der Waals surface area contributed by atoms with Crippen molar-refractivity contribution in [2.24, 2.45) is 0 Å². The zero-order valence-electron chi connectivity index (χ0n) is 15.8. The highest BCUT2D eigenvalue weighted by atomic mass is 16.5. The maximum atomic E-state index is 12.2. The SMILES string of the molecule is COc1ccc(C(=O)NNc2ncnc(Oc3ccc(C)c(C)c3)c2N)cc1. The Labute approximate surface area is 162 Å². The van der Waals surface area contributed by atoms with Crippen LogP contribution < -0.4 is 26.1 Å². The van der Waals surface area contributed by atoms with E-state index in [1.165, 1.54) is 6.33 Å². The highest BCUT2D eigenvalue weighted by Crippen LogP contribution is 2.29. The molecule has 1 amide bonds. The molecule has 8 heteroatoms. The second-order valence-corrected chi connectivity index (χ2v) is 6.10. The van der Waals surface area contributed by atoms with E-state index in [1.54, 1.807) is 31.4 Å². The number of amides is 1. The average molecular weight is 379 g/mol. The van der Waals surface area contributed by atoms with Crippen molar-refractivity contribution < 1.29 is 14.3 Å². The van der Waals surface area contributed by atoms with Gasteiger partial charge in [0.1, 0.15) is 23.5 Å². The molecule has 0 atom stereocenters. The van der Waals surface area contributed by atoms with Gasteiger partial charge in [-0.1, -0.05) is 6.07 Å². The van der Waals surface area contributed by atoms with Crippen LogP contribution in [0, 0.1) is 13.8 Å². The topological polar surface area (TPSA) is 111 Å². The van der Waals surface area contributed by atoms with E-state index in [9.17, 15) is 4.79 Å². The number of nitrogens with zero attached hydrogens (tertiary/aromatic N) is 2. The molecule has 0 radical (unpaired) electrons. The van der Waals surface area contributed by atoms with Gasteiger partial charge in [0.05, 0.1) is 7.11 Å². The van der Waals surface area contributed by atoms with Gasteiger partial charge in [-0.15, -0.1) is 0 Å². The molecule has 1 aromatic heterocycles. The fourth-order valence-electron chi connectivity index (χ4n) is 2.38. The van der Waals surface area contributed by atoms with Crippen LogP contribution in [0.5, 0.6) is 17.4 Å². The van der Waals surface area contributed by atoms with Crippen LogP contribution in [0.15, 0.2) is 48.8 Å². The minimum atomic E-state index is -0.350. The fraction of sp³-hybridized carbons (Fsp3) is 0.150. The second-order valence-electron chi connectivity index (χ2n) is 6.10. The molecule has 4 N–H and O–H groups in total. The molecular formula is C20H21N5O3. The largest absolute Gasteiger partial charge is 0.497 e. The van der Waals surface area contributed by atoms with Crippen LogP contribution in [0.3, 0.4) is 0 Å². The van der Waals surface area contributed by atoms with Crippen molar-refractivity contribution in [3.8, 4) is 17.4 Å². The number of methoxy groups -OCH3 is 1. The molecule has 0 aliphatic carbocycles. The normalized spacial score (nSPS) is 10.2. The lowest BCUT2D eigenvalue weighted by molar-refractivity contribution is 0.0962. The molecule has 0 saturated carbocycles. The van der Waals surface area contributed by atoms with Crippen molar-refractivity contribution in [3.63, 3.8) is 0 Å². The lowest BCUT2D eigenvalue weighted by atomic mass is 10.1. The van der Waals surface area contributed by atoms with Crippen LogP contribution in [0.25, 0.3) is 0 Å². The Bertz CT molecular complexity index is 990. The molecule has 0 aliphatic rings. The number of nitrogens with two attached hydrogens (primary N) is 1. The standard InChI is InChI=1S/C20H21N5O3/c1-12-4-7-16(10-13(12)2)28-20-17(21)18(22-11-23-20)24-25-19(26)14-5-8-15(27-3)9-6-14/h4-11H,21H2,1-3H3,(H,25,26)(H,22,23,24). The van der Waals surface area contributed by atoms with Gasteiger partial charge in [-0.2, -0.15) is 4.98 Å². The van der Waals surface area contributed by atoms with Crippen LogP contribution in [0.1, 0.15) is 21.5 Å². The summed E-state index contributed by atoms with van der Waals surface area (Å²) in [5, 5.41) is 0. The Hall–Kier alpha value is -3.81. The first-order chi connectivity index (χ1) is 13.5. The molecule has 8 nitrogen and oxygen atoms in total. The fourth-order valence-corrected chi connectivity index (χ4v) is 2.38. The van der Waals surface area contributed by atoms with E-state index in [0.717, 1.165) is 11.1 Å². The van der Waals surface area contributed by atoms with E-state index in [4.69, 9.17) is 15.2 Å². The van der Waals surface area contributed by atoms with Crippen molar-refractivity contribution >= 4 is 17.4 Å². The quantitative estimate of drug-likeness (QED) is 0.564. The summed E-state index contributed by atoms with van der Waals surface area (Å²) in [5.74, 6) is 1.35. The molecule has 0 aliphatic heterocycles. The Morgan fingerprint density at radius 1 is 1.00 bits per heavy atom. The smallest absolute Gasteiger partial charge is 0.269 e. The Balaban J connectivity index is 1.69. The summed E-state index contributed by atoms with van der Waals surface area (Å²) < 4.78 is 10.8. The number of carbonyl (C=O) groups excluding carboxylic acids is 1. The third-order valence-corrected chi connectivity index (χ3v) is 4.19. The predicted octanol–water partition coefficient (Wildman–Crippen LogP) is 3.23. The number of aryl methyl sites for hydroxylation is 2. The lowest BCUT2D eigenvalue weighted by Crippen LogP contribution is -2.30. The summed E-state index contributed by atoms with van der Waals surface area (Å²) >= 11 is 0. The number of hydrogen-bond donors (Lipinski definition) is 3. The number of hydrazine groups is 1. The lowest BCUT2D eigenvalue weighted by Gasteiger charge is -2.13. The van der Waals surface area contributed by atoms with Gasteiger partial charge in [0.25, 0.3) is 5.91 Å². The van der Waals surface area contributed by atoms with Crippen LogP contribution in [0.4, 0.5) is 11.5 Å². The minimum Gasteiger partial charge on any atom is -0.497 e. The van der Waals surface area contributed by atoms with E-state index < -0.39 is 0 Å². The van der Waals surface area contributed by atoms with E-state index in [0.29, 0.717) is 17.1 Å². The summed E-state index contributed by atoms with van der Waals surface area (Å²) in [6, 6.07) is 12.4. The number of rotatable bonds is 6. The maximum absolute atomic E-state index is 12.2. The molecule has 0 fully saturated rings. The van der Waals surface area contributed by atoms with Crippen molar-refractivity contribution in [2.75, 3.05) is 18.3 Å². The molecule has 0 unspecified atom stereocenters. The Kier molecular flexibility index (Phi) is 5.59. The van der Waals surface area contributed by atoms with E-state index in [1.807, 2.05) is 32.0 Å². The van der Waals surface area contributed by atoms with Gasteiger partial charge >= 0.3 is 0 Å². The first-order valence-electron chi connectivity index (χ1n) is 8.54. The number of anilines is 2. The van der Waals surface area contributed by atoms with Gasteiger partial charge in [0, 0.05) is 5.56 Å². The molecule has 28 heavy (non-hydrogen) atoms. The number of ether oxygens (including phenoxy) is 2. The van der Waals surface area contributed by atoms with Gasteiger partial charge in [-0.3, -0.25) is 15.6 Å². The number of carbonyl (C=O) groups is 1. The van der Waals surface area contributed by atoms with Gasteiger partial charge in [0.15, 0.2) is 5.82 Å².